The molecule has 1 aromatic heterocycles. The van der Waals surface area contributed by atoms with Crippen molar-refractivity contribution >= 4 is 38.6 Å². The number of carbonyl (C=O) groups is 1. The van der Waals surface area contributed by atoms with Crippen molar-refractivity contribution in [3.63, 3.8) is 0 Å². The molecule has 0 atom stereocenters. The number of benzene rings is 3. The van der Waals surface area contributed by atoms with Gasteiger partial charge in [0.1, 0.15) is 17.1 Å². The molecule has 0 aliphatic carbocycles. The first-order valence-corrected chi connectivity index (χ1v) is 8.76. The van der Waals surface area contributed by atoms with E-state index >= 15 is 0 Å². The van der Waals surface area contributed by atoms with E-state index in [0.29, 0.717) is 32.7 Å². The molecule has 0 aliphatic heterocycles. The van der Waals surface area contributed by atoms with Crippen LogP contribution in [0.25, 0.3) is 22.6 Å². The summed E-state index contributed by atoms with van der Waals surface area (Å²) in [5, 5.41) is 12.3. The number of oxazole rings is 1. The summed E-state index contributed by atoms with van der Waals surface area (Å²) < 4.78 is 20.0. The summed E-state index contributed by atoms with van der Waals surface area (Å²) in [6, 6.07) is 15.7. The Bertz CT molecular complexity index is 1170. The number of anilines is 1. The van der Waals surface area contributed by atoms with Crippen LogP contribution in [0.4, 0.5) is 10.1 Å². The average Bonchev–Trinajstić information content (AvgIpc) is 3.07. The molecule has 1 amide bonds. The summed E-state index contributed by atoms with van der Waals surface area (Å²) in [4.78, 5) is 16.7. The fraction of sp³-hybridized carbons (Fsp3) is 0. The molecule has 0 saturated carbocycles. The van der Waals surface area contributed by atoms with Crippen molar-refractivity contribution in [3.05, 3.63) is 76.5 Å². The lowest BCUT2D eigenvalue weighted by Gasteiger charge is -2.05. The fourth-order valence-corrected chi connectivity index (χ4v) is 2.99. The van der Waals surface area contributed by atoms with Gasteiger partial charge in [-0.2, -0.15) is 0 Å². The van der Waals surface area contributed by atoms with Crippen molar-refractivity contribution in [1.29, 1.82) is 0 Å². The third-order valence-corrected chi connectivity index (χ3v) is 4.59. The lowest BCUT2D eigenvalue weighted by atomic mass is 10.2. The Morgan fingerprint density at radius 2 is 1.93 bits per heavy atom. The molecule has 0 radical (unpaired) electrons. The second-order valence-electron chi connectivity index (χ2n) is 5.80. The van der Waals surface area contributed by atoms with Gasteiger partial charge in [0, 0.05) is 11.3 Å². The van der Waals surface area contributed by atoms with Crippen LogP contribution in [0.3, 0.4) is 0 Å². The third-order valence-electron chi connectivity index (χ3n) is 3.96. The van der Waals surface area contributed by atoms with E-state index in [4.69, 9.17) is 4.42 Å². The van der Waals surface area contributed by atoms with Crippen molar-refractivity contribution in [1.82, 2.24) is 4.98 Å². The van der Waals surface area contributed by atoms with E-state index in [1.54, 1.807) is 36.4 Å². The maximum atomic E-state index is 13.7. The lowest BCUT2D eigenvalue weighted by molar-refractivity contribution is 0.102. The molecule has 0 fully saturated rings. The van der Waals surface area contributed by atoms with Crippen molar-refractivity contribution in [2.24, 2.45) is 0 Å². The summed E-state index contributed by atoms with van der Waals surface area (Å²) in [6.45, 7) is 0. The van der Waals surface area contributed by atoms with Crippen molar-refractivity contribution in [2.75, 3.05) is 5.32 Å². The summed E-state index contributed by atoms with van der Waals surface area (Å²) in [6.07, 6.45) is 0. The molecule has 0 unspecified atom stereocenters. The first-order valence-electron chi connectivity index (χ1n) is 7.96. The number of phenols is 1. The highest BCUT2D eigenvalue weighted by molar-refractivity contribution is 9.10. The standard InChI is InChI=1S/C20H12BrFN2O3/c21-14-9-11(5-7-17(14)25)20-24-16-10-12(6-8-18(16)27-20)23-19(26)13-3-1-2-4-15(13)22/h1-10,25H,(H,23,26). The molecule has 4 aromatic rings. The lowest BCUT2D eigenvalue weighted by Crippen LogP contribution is -2.13. The Morgan fingerprint density at radius 3 is 2.70 bits per heavy atom. The molecule has 4 rings (SSSR count). The minimum absolute atomic E-state index is 0.0348. The molecule has 0 bridgehead atoms. The summed E-state index contributed by atoms with van der Waals surface area (Å²) in [7, 11) is 0. The van der Waals surface area contributed by atoms with Gasteiger partial charge < -0.3 is 14.8 Å². The van der Waals surface area contributed by atoms with Gasteiger partial charge in [-0.25, -0.2) is 9.37 Å². The number of hydrogen-bond donors (Lipinski definition) is 2. The Balaban J connectivity index is 1.64. The van der Waals surface area contributed by atoms with Crippen LogP contribution >= 0.6 is 15.9 Å². The van der Waals surface area contributed by atoms with Gasteiger partial charge in [0.05, 0.1) is 10.0 Å². The summed E-state index contributed by atoms with van der Waals surface area (Å²) >= 11 is 3.26. The molecule has 134 valence electrons. The predicted molar refractivity (Wildman–Crippen MR) is 103 cm³/mol. The quantitative estimate of drug-likeness (QED) is 0.462. The number of aromatic hydroxyl groups is 1. The van der Waals surface area contributed by atoms with Crippen LogP contribution in [0, 0.1) is 5.82 Å². The predicted octanol–water partition coefficient (Wildman–Crippen LogP) is 5.35. The molecule has 2 N–H and O–H groups in total. The van der Waals surface area contributed by atoms with E-state index in [9.17, 15) is 14.3 Å². The minimum atomic E-state index is -0.585. The Morgan fingerprint density at radius 1 is 1.11 bits per heavy atom. The van der Waals surface area contributed by atoms with E-state index in [1.165, 1.54) is 24.3 Å². The molecular formula is C20H12BrFN2O3. The number of carbonyl (C=O) groups excluding carboxylic acids is 1. The fourth-order valence-electron chi connectivity index (χ4n) is 2.61. The van der Waals surface area contributed by atoms with Crippen molar-refractivity contribution in [2.45, 2.75) is 0 Å². The van der Waals surface area contributed by atoms with E-state index in [-0.39, 0.29) is 11.3 Å². The van der Waals surface area contributed by atoms with E-state index < -0.39 is 11.7 Å². The van der Waals surface area contributed by atoms with Crippen LogP contribution < -0.4 is 5.32 Å². The smallest absolute Gasteiger partial charge is 0.258 e. The minimum Gasteiger partial charge on any atom is -0.507 e. The average molecular weight is 427 g/mol. The molecule has 5 nitrogen and oxygen atoms in total. The zero-order chi connectivity index (χ0) is 19.0. The van der Waals surface area contributed by atoms with Crippen LogP contribution in [-0.4, -0.2) is 16.0 Å². The monoisotopic (exact) mass is 426 g/mol. The number of amides is 1. The Labute approximate surface area is 161 Å². The van der Waals surface area contributed by atoms with E-state index in [1.807, 2.05) is 0 Å². The van der Waals surface area contributed by atoms with Gasteiger partial charge in [0.15, 0.2) is 5.58 Å². The van der Waals surface area contributed by atoms with Gasteiger partial charge in [-0.15, -0.1) is 0 Å². The first-order chi connectivity index (χ1) is 13.0. The second kappa shape index (κ2) is 6.85. The molecule has 0 aliphatic rings. The topological polar surface area (TPSA) is 75.4 Å². The zero-order valence-corrected chi connectivity index (χ0v) is 15.3. The van der Waals surface area contributed by atoms with Gasteiger partial charge in [-0.05, 0) is 64.5 Å². The zero-order valence-electron chi connectivity index (χ0n) is 13.7. The van der Waals surface area contributed by atoms with Crippen LogP contribution in [0.1, 0.15) is 10.4 Å². The van der Waals surface area contributed by atoms with Crippen LogP contribution in [0.2, 0.25) is 0 Å². The molecule has 27 heavy (non-hydrogen) atoms. The number of nitrogens with zero attached hydrogens (tertiary/aromatic N) is 1. The number of nitrogens with one attached hydrogen (secondary N) is 1. The second-order valence-corrected chi connectivity index (χ2v) is 6.66. The van der Waals surface area contributed by atoms with Gasteiger partial charge in [-0.3, -0.25) is 4.79 Å². The largest absolute Gasteiger partial charge is 0.507 e. The van der Waals surface area contributed by atoms with Gasteiger partial charge in [-0.1, -0.05) is 12.1 Å². The number of phenolic OH excluding ortho intramolecular Hbond substituents is 1. The highest BCUT2D eigenvalue weighted by atomic mass is 79.9. The number of hydrogen-bond acceptors (Lipinski definition) is 4. The molecule has 0 saturated heterocycles. The van der Waals surface area contributed by atoms with Gasteiger partial charge in [0.25, 0.3) is 5.91 Å². The summed E-state index contributed by atoms with van der Waals surface area (Å²) in [5.41, 5.74) is 2.21. The Hall–Kier alpha value is -3.19. The normalized spacial score (nSPS) is 10.9. The van der Waals surface area contributed by atoms with Crippen molar-refractivity contribution < 1.29 is 18.7 Å². The van der Waals surface area contributed by atoms with Crippen LogP contribution in [0.5, 0.6) is 5.75 Å². The number of halogens is 2. The molecule has 0 spiro atoms. The number of fused-ring (bicyclic) bond motifs is 1. The van der Waals surface area contributed by atoms with Gasteiger partial charge in [0.2, 0.25) is 5.89 Å². The number of rotatable bonds is 3. The number of aromatic nitrogens is 1. The highest BCUT2D eigenvalue weighted by Crippen LogP contribution is 2.31. The highest BCUT2D eigenvalue weighted by Gasteiger charge is 2.13. The maximum absolute atomic E-state index is 13.7. The van der Waals surface area contributed by atoms with E-state index in [2.05, 4.69) is 26.2 Å². The first kappa shape index (κ1) is 17.2. The summed E-state index contributed by atoms with van der Waals surface area (Å²) in [5.74, 6) is -0.632. The molecule has 7 heteroatoms. The van der Waals surface area contributed by atoms with Crippen LogP contribution in [-0.2, 0) is 0 Å². The molecule has 3 aromatic carbocycles. The van der Waals surface area contributed by atoms with Gasteiger partial charge >= 0.3 is 0 Å². The Kier molecular flexibility index (Phi) is 4.37. The SMILES string of the molecule is O=C(Nc1ccc2oc(-c3ccc(O)c(Br)c3)nc2c1)c1ccccc1F. The van der Waals surface area contributed by atoms with Crippen LogP contribution in [0.15, 0.2) is 69.6 Å². The third kappa shape index (κ3) is 3.41. The molecular weight excluding hydrogens is 415 g/mol. The van der Waals surface area contributed by atoms with Crippen molar-refractivity contribution in [3.8, 4) is 17.2 Å². The molecule has 1 heterocycles. The van der Waals surface area contributed by atoms with E-state index in [0.717, 1.165) is 0 Å². The maximum Gasteiger partial charge on any atom is 0.258 e.